The van der Waals surface area contributed by atoms with Gasteiger partial charge < -0.3 is 24.0 Å². The fraction of sp³-hybridized carbons (Fsp3) is 1.00. The first-order chi connectivity index (χ1) is 14.1. The van der Waals surface area contributed by atoms with Gasteiger partial charge in [0.2, 0.25) is 15.0 Å². The van der Waals surface area contributed by atoms with Crippen molar-refractivity contribution in [3.63, 3.8) is 0 Å². The smallest absolute Gasteiger partial charge is 0.400 e. The highest BCUT2D eigenvalue weighted by atomic mass is 127. The van der Waals surface area contributed by atoms with E-state index in [1.807, 2.05) is 0 Å². The summed E-state index contributed by atoms with van der Waals surface area (Å²) in [7, 11) is -4.98. The van der Waals surface area contributed by atoms with Crippen LogP contribution in [0.1, 0.15) is 83.1 Å². The van der Waals surface area contributed by atoms with Gasteiger partial charge in [-0.1, -0.05) is 0 Å². The van der Waals surface area contributed by atoms with Crippen LogP contribution in [0, 0.1) is 0 Å². The molecule has 0 saturated heterocycles. The minimum absolute atomic E-state index is 0. The maximum atomic E-state index is 5.58. The Balaban J connectivity index is 0.00000961. The lowest BCUT2D eigenvalue weighted by molar-refractivity contribution is -0.00000972. The summed E-state index contributed by atoms with van der Waals surface area (Å²) in [5.74, 6) is 0. The molecule has 194 valence electrons. The average Bonchev–Trinajstić information content (AvgIpc) is 2.47. The maximum Gasteiger partial charge on any atom is 0.400 e. The van der Waals surface area contributed by atoms with Gasteiger partial charge in [-0.3, -0.25) is 20.3 Å². The number of nitrogens with zero attached hydrogens (tertiary/aromatic N) is 3. The molecule has 0 radical (unpaired) electrons. The van der Waals surface area contributed by atoms with E-state index >= 15 is 0 Å². The molecule has 9 nitrogen and oxygen atoms in total. The van der Waals surface area contributed by atoms with E-state index in [1.54, 1.807) is 0 Å². The predicted molar refractivity (Wildman–Crippen MR) is 143 cm³/mol. The molecule has 0 aromatic heterocycles. The molecule has 0 amide bonds. The topological polar surface area (TPSA) is 100 Å². The summed E-state index contributed by atoms with van der Waals surface area (Å²) in [6.45, 7) is 26.2. The van der Waals surface area contributed by atoms with E-state index in [0.717, 1.165) is 0 Å². The number of nitrogens with one attached hydrogen (secondary N) is 6. The zero-order chi connectivity index (χ0) is 24.2. The molecule has 1 aliphatic heterocycles. The van der Waals surface area contributed by atoms with Gasteiger partial charge in [0.25, 0.3) is 0 Å². The first-order valence-corrected chi connectivity index (χ1v) is 16.7. The van der Waals surface area contributed by atoms with Gasteiger partial charge in [-0.2, -0.15) is 4.44 Å². The number of hydrogen-bond donors (Lipinski definition) is 6. The summed E-state index contributed by atoms with van der Waals surface area (Å²) < 4.78 is 13.6. The Kier molecular flexibility index (Phi) is 14.2. The van der Waals surface area contributed by atoms with E-state index in [-0.39, 0.29) is 60.2 Å². The van der Waals surface area contributed by atoms with Gasteiger partial charge in [0.1, 0.15) is 0 Å². The van der Waals surface area contributed by atoms with Crippen LogP contribution in [0.3, 0.4) is 0 Å². The van der Waals surface area contributed by atoms with Crippen LogP contribution < -0.4 is 54.5 Å². The maximum absolute atomic E-state index is 5.58. The van der Waals surface area contributed by atoms with Crippen molar-refractivity contribution < 1.29 is 24.0 Å². The molecule has 1 heterocycles. The lowest BCUT2D eigenvalue weighted by Gasteiger charge is -2.47. The van der Waals surface area contributed by atoms with Gasteiger partial charge in [-0.15, -0.1) is 10.2 Å². The normalized spacial score (nSPS) is 20.2. The van der Waals surface area contributed by atoms with Crippen LogP contribution in [0.25, 0.3) is 0 Å². The van der Waals surface area contributed by atoms with Crippen LogP contribution in [0.2, 0.25) is 0 Å². The molecule has 0 unspecified atom stereocenters. The molecule has 1 rings (SSSR count). The zero-order valence-corrected chi connectivity index (χ0v) is 27.4. The summed E-state index contributed by atoms with van der Waals surface area (Å²) in [5.41, 5.74) is 0. The third-order valence-electron chi connectivity index (χ3n) is 3.98. The monoisotopic (exact) mass is 625 g/mol. The van der Waals surface area contributed by atoms with Crippen molar-refractivity contribution in [3.8, 4) is 0 Å². The lowest BCUT2D eigenvalue weighted by atomic mass is 10.4. The molecule has 0 atom stereocenters. The molecular formula is C19H51IN9P3. The van der Waals surface area contributed by atoms with Crippen molar-refractivity contribution in [2.45, 2.75) is 119 Å². The minimum atomic E-state index is -2.45. The van der Waals surface area contributed by atoms with Crippen LogP contribution in [0.4, 0.5) is 0 Å². The van der Waals surface area contributed by atoms with Gasteiger partial charge in [0.15, 0.2) is 0 Å². The standard InChI is InChI=1S/C19H51N9P3.HI/c1-14(2)20-29(21-15(3)4)26-30(22-16(5)6,23-17(7)8)28(13)31(27-29,24-18(9)10)25-19(11)12;/h14-25H,1-13H3;1H/q+1;/p-1. The summed E-state index contributed by atoms with van der Waals surface area (Å²) in [6.07, 6.45) is 0. The van der Waals surface area contributed by atoms with Crippen molar-refractivity contribution >= 4 is 22.9 Å². The van der Waals surface area contributed by atoms with Crippen LogP contribution in [-0.2, 0) is 0 Å². The molecule has 0 fully saturated rings. The molecular weight excluding hydrogens is 574 g/mol. The molecule has 0 saturated carbocycles. The van der Waals surface area contributed by atoms with Gasteiger partial charge >= 0.3 is 7.87 Å². The fourth-order valence-electron chi connectivity index (χ4n) is 3.51. The zero-order valence-electron chi connectivity index (χ0n) is 22.5. The Morgan fingerprint density at radius 2 is 0.781 bits per heavy atom. The van der Waals surface area contributed by atoms with Crippen molar-refractivity contribution in [1.29, 1.82) is 0 Å². The van der Waals surface area contributed by atoms with Crippen molar-refractivity contribution in [1.82, 2.24) is 35.0 Å². The molecule has 0 aromatic carbocycles. The van der Waals surface area contributed by atoms with E-state index < -0.39 is 22.9 Å². The van der Waals surface area contributed by atoms with Crippen molar-refractivity contribution in [3.05, 3.63) is 0 Å². The predicted octanol–water partition coefficient (Wildman–Crippen LogP) is 2.49. The first-order valence-electron chi connectivity index (χ1n) is 11.6. The Morgan fingerprint density at radius 1 is 0.531 bits per heavy atom. The summed E-state index contributed by atoms with van der Waals surface area (Å²) in [4.78, 5) is 0. The second kappa shape index (κ2) is 13.6. The summed E-state index contributed by atoms with van der Waals surface area (Å²) in [6, 6.07) is 1.56. The molecule has 13 heteroatoms. The molecule has 0 bridgehead atoms. The average molecular weight is 626 g/mol. The highest BCUT2D eigenvalue weighted by molar-refractivity contribution is 7.88. The third kappa shape index (κ3) is 9.42. The molecule has 6 N–H and O–H groups in total. The highest BCUT2D eigenvalue weighted by Gasteiger charge is 2.55. The molecule has 32 heavy (non-hydrogen) atoms. The SMILES string of the molecule is CC(C)NP1(NC(C)C)=N[P+](NC(C)C)(NC(C)C)N=P(NC(C)C)(NC(C)C)N1C.[I-]. The van der Waals surface area contributed by atoms with Crippen LogP contribution >= 0.6 is 22.9 Å². The quantitative estimate of drug-likeness (QED) is 0.147. The largest absolute Gasteiger partial charge is 1.00 e. The molecule has 0 spiro atoms. The van der Waals surface area contributed by atoms with Crippen molar-refractivity contribution in [2.75, 3.05) is 7.05 Å². The van der Waals surface area contributed by atoms with E-state index in [9.17, 15) is 0 Å². The first kappa shape index (κ1) is 33.3. The van der Waals surface area contributed by atoms with Crippen LogP contribution in [0.5, 0.6) is 0 Å². The van der Waals surface area contributed by atoms with Crippen LogP contribution in [-0.4, -0.2) is 47.7 Å². The van der Waals surface area contributed by atoms with E-state index in [4.69, 9.17) is 9.03 Å². The van der Waals surface area contributed by atoms with Gasteiger partial charge in [0, 0.05) is 43.3 Å². The van der Waals surface area contributed by atoms with Gasteiger partial charge in [-0.05, 0) is 92.1 Å². The highest BCUT2D eigenvalue weighted by Crippen LogP contribution is 2.78. The molecule has 1 aliphatic rings. The number of rotatable bonds is 12. The Morgan fingerprint density at radius 3 is 0.969 bits per heavy atom. The van der Waals surface area contributed by atoms with E-state index in [2.05, 4.69) is 125 Å². The van der Waals surface area contributed by atoms with Gasteiger partial charge in [-0.25, -0.2) is 0 Å². The fourth-order valence-corrected chi connectivity index (χ4v) is 17.5. The Bertz CT molecular complexity index is 597. The van der Waals surface area contributed by atoms with Crippen molar-refractivity contribution in [2.24, 2.45) is 9.03 Å². The Labute approximate surface area is 216 Å². The van der Waals surface area contributed by atoms with E-state index in [0.29, 0.717) is 0 Å². The van der Waals surface area contributed by atoms with Crippen LogP contribution in [0.15, 0.2) is 9.03 Å². The number of hydrogen-bond acceptors (Lipinski definition) is 9. The minimum Gasteiger partial charge on any atom is -1.00 e. The Hall–Kier alpha value is 1.34. The molecule has 0 aliphatic carbocycles. The van der Waals surface area contributed by atoms with E-state index in [1.165, 1.54) is 0 Å². The summed E-state index contributed by atoms with van der Waals surface area (Å²) >= 11 is 0. The third-order valence-corrected chi connectivity index (χ3v) is 16.6. The molecule has 0 aromatic rings. The lowest BCUT2D eigenvalue weighted by Crippen LogP contribution is -3.00. The summed E-state index contributed by atoms with van der Waals surface area (Å²) in [5, 5.41) is 23.1. The van der Waals surface area contributed by atoms with Gasteiger partial charge in [0.05, 0.1) is 0 Å². The second-order valence-corrected chi connectivity index (χ2v) is 18.3. The number of halogens is 1. The second-order valence-electron chi connectivity index (χ2n) is 10.2.